The predicted molar refractivity (Wildman–Crippen MR) is 46.5 cm³/mol. The van der Waals surface area contributed by atoms with Crippen molar-refractivity contribution in [1.82, 2.24) is 0 Å². The van der Waals surface area contributed by atoms with Crippen molar-refractivity contribution in [2.75, 3.05) is 0 Å². The number of carbonyl (C=O) groups is 2. The van der Waals surface area contributed by atoms with Crippen molar-refractivity contribution >= 4 is 11.9 Å². The molecular weight excluding hydrogens is 208 g/mol. The van der Waals surface area contributed by atoms with Crippen molar-refractivity contribution in [2.24, 2.45) is 5.41 Å². The third-order valence-corrected chi connectivity index (χ3v) is 2.16. The minimum Gasteiger partial charge on any atom is -0.377 e. The minimum atomic E-state index is -2.28. The minimum absolute atomic E-state index is 0.827. The molecule has 7 nitrogen and oxygen atoms in total. The Balaban J connectivity index is 5.04. The van der Waals surface area contributed by atoms with E-state index in [0.717, 1.165) is 0 Å². The molecule has 88 valence electrons. The summed E-state index contributed by atoms with van der Waals surface area (Å²) in [6, 6.07) is 0. The molecule has 0 bridgehead atoms. The summed E-state index contributed by atoms with van der Waals surface area (Å²) in [6.45, 7) is 4.36. The van der Waals surface area contributed by atoms with Gasteiger partial charge in [-0.1, -0.05) is 20.8 Å². The molecule has 1 unspecified atom stereocenters. The first kappa shape index (κ1) is 13.8. The largest absolute Gasteiger partial charge is 0.377 e. The molecular formula is C8H14O7. The van der Waals surface area contributed by atoms with E-state index >= 15 is 0 Å². The quantitative estimate of drug-likeness (QED) is 0.461. The molecule has 0 aliphatic rings. The van der Waals surface area contributed by atoms with Gasteiger partial charge in [-0.2, -0.15) is 10.5 Å². The number of hydrogen-bond acceptors (Lipinski definition) is 7. The van der Waals surface area contributed by atoms with Crippen LogP contribution in [-0.2, 0) is 19.4 Å². The van der Waals surface area contributed by atoms with Gasteiger partial charge in [0.1, 0.15) is 0 Å². The smallest absolute Gasteiger partial charge is 0.374 e. The summed E-state index contributed by atoms with van der Waals surface area (Å²) in [5, 5.41) is 26.1. The SMILES string of the molecule is CC(C)(C)C(O)(CC(=O)OO)C(=O)OO. The van der Waals surface area contributed by atoms with Crippen molar-refractivity contribution in [1.29, 1.82) is 0 Å². The zero-order valence-electron chi connectivity index (χ0n) is 8.68. The number of hydrogen-bond donors (Lipinski definition) is 3. The van der Waals surface area contributed by atoms with Crippen molar-refractivity contribution in [3.05, 3.63) is 0 Å². The second-order valence-electron chi connectivity index (χ2n) is 4.13. The fraction of sp³-hybridized carbons (Fsp3) is 0.750. The van der Waals surface area contributed by atoms with Gasteiger partial charge in [-0.3, -0.25) is 4.89 Å². The molecule has 0 amide bonds. The number of rotatable bonds is 3. The van der Waals surface area contributed by atoms with E-state index in [9.17, 15) is 14.7 Å². The average molecular weight is 222 g/mol. The maximum absolute atomic E-state index is 11.1. The first-order valence-electron chi connectivity index (χ1n) is 4.11. The predicted octanol–water partition coefficient (Wildman–Crippen LogP) is 0.186. The molecule has 1 atom stereocenters. The normalized spacial score (nSPS) is 15.3. The summed E-state index contributed by atoms with van der Waals surface area (Å²) >= 11 is 0. The summed E-state index contributed by atoms with van der Waals surface area (Å²) in [4.78, 5) is 28.6. The summed E-state index contributed by atoms with van der Waals surface area (Å²) in [5.41, 5.74) is -3.36. The highest BCUT2D eigenvalue weighted by molar-refractivity contribution is 5.85. The van der Waals surface area contributed by atoms with E-state index in [1.54, 1.807) is 0 Å². The van der Waals surface area contributed by atoms with Gasteiger partial charge in [-0.05, 0) is 0 Å². The highest BCUT2D eigenvalue weighted by atomic mass is 17.1. The lowest BCUT2D eigenvalue weighted by Gasteiger charge is -2.35. The highest BCUT2D eigenvalue weighted by Crippen LogP contribution is 2.34. The van der Waals surface area contributed by atoms with Gasteiger partial charge in [0.25, 0.3) is 0 Å². The Hall–Kier alpha value is -1.18. The molecule has 0 radical (unpaired) electrons. The fourth-order valence-electron chi connectivity index (χ4n) is 0.960. The molecule has 0 fully saturated rings. The lowest BCUT2D eigenvalue weighted by atomic mass is 9.74. The second kappa shape index (κ2) is 4.56. The van der Waals surface area contributed by atoms with Crippen LogP contribution in [0.1, 0.15) is 27.2 Å². The standard InChI is InChI=1S/C8H14O7/c1-7(2,3)8(11,6(10)15-13)4-5(9)14-12/h11-13H,4H2,1-3H3. The van der Waals surface area contributed by atoms with Crippen LogP contribution in [-0.4, -0.2) is 33.2 Å². The molecule has 0 heterocycles. The molecule has 0 aromatic rings. The van der Waals surface area contributed by atoms with Gasteiger partial charge in [0.2, 0.25) is 0 Å². The van der Waals surface area contributed by atoms with Crippen LogP contribution in [0.2, 0.25) is 0 Å². The van der Waals surface area contributed by atoms with Crippen molar-refractivity contribution in [3.8, 4) is 0 Å². The van der Waals surface area contributed by atoms with E-state index in [1.807, 2.05) is 0 Å². The van der Waals surface area contributed by atoms with E-state index in [0.29, 0.717) is 0 Å². The maximum Gasteiger partial charge on any atom is 0.374 e. The molecule has 3 N–H and O–H groups in total. The van der Waals surface area contributed by atoms with E-state index in [4.69, 9.17) is 10.5 Å². The zero-order chi connectivity index (χ0) is 12.3. The molecule has 0 spiro atoms. The van der Waals surface area contributed by atoms with E-state index in [-0.39, 0.29) is 0 Å². The van der Waals surface area contributed by atoms with Gasteiger partial charge in [0.15, 0.2) is 5.60 Å². The second-order valence-corrected chi connectivity index (χ2v) is 4.13. The first-order valence-corrected chi connectivity index (χ1v) is 4.11. The van der Waals surface area contributed by atoms with Crippen LogP contribution in [0, 0.1) is 5.41 Å². The van der Waals surface area contributed by atoms with Crippen LogP contribution in [0.15, 0.2) is 0 Å². The third-order valence-electron chi connectivity index (χ3n) is 2.16. The van der Waals surface area contributed by atoms with Gasteiger partial charge in [0.05, 0.1) is 6.42 Å². The lowest BCUT2D eigenvalue weighted by molar-refractivity contribution is -0.266. The Morgan fingerprint density at radius 1 is 1.13 bits per heavy atom. The Kier molecular flexibility index (Phi) is 4.20. The molecule has 0 aliphatic heterocycles. The fourth-order valence-corrected chi connectivity index (χ4v) is 0.960. The van der Waals surface area contributed by atoms with Crippen molar-refractivity contribution < 1.29 is 35.0 Å². The summed E-state index contributed by atoms with van der Waals surface area (Å²) < 4.78 is 0. The molecule has 0 aromatic carbocycles. The molecule has 0 aliphatic carbocycles. The van der Waals surface area contributed by atoms with E-state index in [1.165, 1.54) is 20.8 Å². The Bertz CT molecular complexity index is 254. The Labute approximate surface area is 86.1 Å². The summed E-state index contributed by atoms with van der Waals surface area (Å²) in [6.07, 6.45) is -0.827. The number of carbonyl (C=O) groups excluding carboxylic acids is 2. The Morgan fingerprint density at radius 3 is 1.87 bits per heavy atom. The lowest BCUT2D eigenvalue weighted by Crippen LogP contribution is -2.52. The van der Waals surface area contributed by atoms with Gasteiger partial charge in [0, 0.05) is 5.41 Å². The van der Waals surface area contributed by atoms with Crippen LogP contribution >= 0.6 is 0 Å². The maximum atomic E-state index is 11.1. The summed E-state index contributed by atoms with van der Waals surface area (Å²) in [7, 11) is 0. The zero-order valence-corrected chi connectivity index (χ0v) is 8.68. The van der Waals surface area contributed by atoms with E-state index < -0.39 is 29.4 Å². The van der Waals surface area contributed by atoms with Crippen molar-refractivity contribution in [2.45, 2.75) is 32.8 Å². The van der Waals surface area contributed by atoms with Gasteiger partial charge < -0.3 is 9.99 Å². The number of aliphatic hydroxyl groups is 1. The van der Waals surface area contributed by atoms with Crippen LogP contribution in [0.4, 0.5) is 0 Å². The van der Waals surface area contributed by atoms with Gasteiger partial charge in [-0.25, -0.2) is 9.59 Å². The Morgan fingerprint density at radius 2 is 1.60 bits per heavy atom. The average Bonchev–Trinajstić information content (AvgIpc) is 2.14. The van der Waals surface area contributed by atoms with Crippen LogP contribution in [0.25, 0.3) is 0 Å². The topological polar surface area (TPSA) is 113 Å². The molecule has 15 heavy (non-hydrogen) atoms. The van der Waals surface area contributed by atoms with Crippen LogP contribution < -0.4 is 0 Å². The van der Waals surface area contributed by atoms with Crippen molar-refractivity contribution in [3.63, 3.8) is 0 Å². The highest BCUT2D eigenvalue weighted by Gasteiger charge is 2.51. The molecule has 0 saturated heterocycles. The molecule has 7 heteroatoms. The third kappa shape index (κ3) is 2.88. The van der Waals surface area contributed by atoms with Crippen LogP contribution in [0.3, 0.4) is 0 Å². The molecule has 0 aromatic heterocycles. The van der Waals surface area contributed by atoms with Gasteiger partial charge >= 0.3 is 11.9 Å². The monoisotopic (exact) mass is 222 g/mol. The summed E-state index contributed by atoms with van der Waals surface area (Å²) in [5.74, 6) is -2.60. The first-order chi connectivity index (χ1) is 6.69. The van der Waals surface area contributed by atoms with Gasteiger partial charge in [-0.15, -0.1) is 0 Å². The van der Waals surface area contributed by atoms with Crippen LogP contribution in [0.5, 0.6) is 0 Å². The van der Waals surface area contributed by atoms with E-state index in [2.05, 4.69) is 9.78 Å². The molecule has 0 rings (SSSR count). The molecule has 0 saturated carbocycles.